The van der Waals surface area contributed by atoms with Gasteiger partial charge in [0.15, 0.2) is 0 Å². The highest BCUT2D eigenvalue weighted by atomic mass is 32.2. The highest BCUT2D eigenvalue weighted by Gasteiger charge is 2.26. The van der Waals surface area contributed by atoms with Gasteiger partial charge in [0.2, 0.25) is 0 Å². The summed E-state index contributed by atoms with van der Waals surface area (Å²) in [5, 5.41) is 3.12. The number of fused-ring (bicyclic) bond motifs is 2. The third-order valence-electron chi connectivity index (χ3n) is 4.55. The van der Waals surface area contributed by atoms with E-state index in [1.165, 1.54) is 29.3 Å². The number of carbonyl (C=O) groups is 1. The Kier molecular flexibility index (Phi) is 4.16. The van der Waals surface area contributed by atoms with Crippen molar-refractivity contribution in [2.24, 2.45) is 0 Å². The average molecular weight is 347 g/mol. The minimum absolute atomic E-state index is 0.0171. The number of hydrogen-bond donors (Lipinski definition) is 1. The van der Waals surface area contributed by atoms with Crippen LogP contribution in [-0.4, -0.2) is 11.7 Å². The fraction of sp³-hybridized carbons (Fsp3) is 0.389. The minimum Gasteiger partial charge on any atom is -0.344 e. The molecule has 1 N–H and O–H groups in total. The molecular formula is C18H18FNOS2. The molecule has 1 aromatic carbocycles. The zero-order valence-corrected chi connectivity index (χ0v) is 14.4. The van der Waals surface area contributed by atoms with E-state index in [2.05, 4.69) is 11.4 Å². The Morgan fingerprint density at radius 1 is 1.26 bits per heavy atom. The molecule has 1 aromatic heterocycles. The highest BCUT2D eigenvalue weighted by molar-refractivity contribution is 7.99. The van der Waals surface area contributed by atoms with E-state index in [1.807, 2.05) is 6.07 Å². The molecule has 0 saturated carbocycles. The molecule has 2 nitrogen and oxygen atoms in total. The van der Waals surface area contributed by atoms with Crippen LogP contribution in [0.3, 0.4) is 0 Å². The molecule has 0 unspecified atom stereocenters. The van der Waals surface area contributed by atoms with Gasteiger partial charge in [-0.1, -0.05) is 12.1 Å². The first-order valence-corrected chi connectivity index (χ1v) is 9.86. The maximum atomic E-state index is 13.9. The fourth-order valence-corrected chi connectivity index (χ4v) is 5.67. The molecule has 120 valence electrons. The predicted octanol–water partition coefficient (Wildman–Crippen LogP) is 4.73. The summed E-state index contributed by atoms with van der Waals surface area (Å²) in [6.45, 7) is 0. The summed E-state index contributed by atoms with van der Waals surface area (Å²) in [6.07, 6.45) is 5.48. The smallest absolute Gasteiger partial charge is 0.261 e. The lowest BCUT2D eigenvalue weighted by atomic mass is 9.99. The van der Waals surface area contributed by atoms with Gasteiger partial charge in [-0.25, -0.2) is 4.39 Å². The Labute approximate surface area is 143 Å². The van der Waals surface area contributed by atoms with Crippen molar-refractivity contribution in [2.75, 3.05) is 5.75 Å². The standard InChI is InChI=1S/C18H18FNOS2/c19-13-6-3-5-12-14(8-9-22-17(12)13)20-18(21)16-10-11-4-1-2-7-15(11)23-16/h3,5-6,10,14H,1-2,4,7-9H2,(H,20,21)/t14-/m0/s1. The van der Waals surface area contributed by atoms with Crippen molar-refractivity contribution in [1.82, 2.24) is 5.32 Å². The van der Waals surface area contributed by atoms with E-state index < -0.39 is 0 Å². The van der Waals surface area contributed by atoms with Gasteiger partial charge in [0, 0.05) is 15.5 Å². The van der Waals surface area contributed by atoms with Crippen molar-refractivity contribution < 1.29 is 9.18 Å². The summed E-state index contributed by atoms with van der Waals surface area (Å²) in [5.41, 5.74) is 2.26. The molecule has 2 aliphatic rings. The van der Waals surface area contributed by atoms with Gasteiger partial charge in [-0.2, -0.15) is 0 Å². The molecule has 0 spiro atoms. The first-order valence-electron chi connectivity index (χ1n) is 8.06. The van der Waals surface area contributed by atoms with E-state index >= 15 is 0 Å². The highest BCUT2D eigenvalue weighted by Crippen LogP contribution is 2.38. The first-order chi connectivity index (χ1) is 11.2. The Bertz CT molecular complexity index is 732. The summed E-state index contributed by atoms with van der Waals surface area (Å²) in [7, 11) is 0. The van der Waals surface area contributed by atoms with Crippen LogP contribution in [0.1, 0.15) is 51.0 Å². The van der Waals surface area contributed by atoms with Crippen LogP contribution in [-0.2, 0) is 12.8 Å². The summed E-state index contributed by atoms with van der Waals surface area (Å²) in [4.78, 5) is 15.5. The van der Waals surface area contributed by atoms with E-state index in [4.69, 9.17) is 0 Å². The van der Waals surface area contributed by atoms with Gasteiger partial charge in [-0.3, -0.25) is 4.79 Å². The van der Waals surface area contributed by atoms with Crippen LogP contribution >= 0.6 is 23.1 Å². The van der Waals surface area contributed by atoms with Gasteiger partial charge in [0.25, 0.3) is 5.91 Å². The van der Waals surface area contributed by atoms with Gasteiger partial charge in [0.1, 0.15) is 5.82 Å². The molecule has 1 atom stereocenters. The lowest BCUT2D eigenvalue weighted by Crippen LogP contribution is -2.30. The van der Waals surface area contributed by atoms with Crippen LogP contribution in [0.25, 0.3) is 0 Å². The molecule has 1 aliphatic carbocycles. The molecule has 2 heterocycles. The molecule has 1 amide bonds. The average Bonchev–Trinajstić information content (AvgIpc) is 3.00. The van der Waals surface area contributed by atoms with E-state index in [-0.39, 0.29) is 17.8 Å². The normalized spacial score (nSPS) is 19.8. The monoisotopic (exact) mass is 347 g/mol. The van der Waals surface area contributed by atoms with Crippen LogP contribution in [0.2, 0.25) is 0 Å². The molecule has 2 aromatic rings. The van der Waals surface area contributed by atoms with Crippen LogP contribution < -0.4 is 5.32 Å². The van der Waals surface area contributed by atoms with Crippen LogP contribution in [0.5, 0.6) is 0 Å². The molecule has 23 heavy (non-hydrogen) atoms. The summed E-state index contributed by atoms with van der Waals surface area (Å²) < 4.78 is 13.9. The van der Waals surface area contributed by atoms with E-state index in [0.717, 1.165) is 35.5 Å². The zero-order chi connectivity index (χ0) is 15.8. The number of nitrogens with one attached hydrogen (secondary N) is 1. The number of aryl methyl sites for hydroxylation is 2. The van der Waals surface area contributed by atoms with Crippen LogP contribution in [0.15, 0.2) is 29.2 Å². The molecular weight excluding hydrogens is 329 g/mol. The molecule has 0 saturated heterocycles. The predicted molar refractivity (Wildman–Crippen MR) is 92.9 cm³/mol. The Balaban J connectivity index is 1.56. The van der Waals surface area contributed by atoms with Crippen molar-refractivity contribution in [3.8, 4) is 0 Å². The van der Waals surface area contributed by atoms with E-state index in [9.17, 15) is 9.18 Å². The number of thioether (sulfide) groups is 1. The molecule has 5 heteroatoms. The maximum Gasteiger partial charge on any atom is 0.261 e. The van der Waals surface area contributed by atoms with Gasteiger partial charge in [-0.15, -0.1) is 23.1 Å². The summed E-state index contributed by atoms with van der Waals surface area (Å²) in [5.74, 6) is 0.634. The molecule has 4 rings (SSSR count). The largest absolute Gasteiger partial charge is 0.344 e. The second-order valence-corrected chi connectivity index (χ2v) is 8.33. The first kappa shape index (κ1) is 15.2. The van der Waals surface area contributed by atoms with E-state index in [0.29, 0.717) is 4.90 Å². The molecule has 0 radical (unpaired) electrons. The van der Waals surface area contributed by atoms with Gasteiger partial charge >= 0.3 is 0 Å². The number of halogens is 1. The number of benzene rings is 1. The molecule has 0 bridgehead atoms. The van der Waals surface area contributed by atoms with Gasteiger partial charge in [0.05, 0.1) is 10.9 Å². The third kappa shape index (κ3) is 2.92. The Morgan fingerprint density at radius 3 is 3.00 bits per heavy atom. The number of hydrogen-bond acceptors (Lipinski definition) is 3. The lowest BCUT2D eigenvalue weighted by Gasteiger charge is -2.26. The zero-order valence-electron chi connectivity index (χ0n) is 12.7. The van der Waals surface area contributed by atoms with Gasteiger partial charge < -0.3 is 5.32 Å². The SMILES string of the molecule is O=C(N[C@H]1CCSc2c(F)cccc21)c1cc2c(s1)CCCC2. The van der Waals surface area contributed by atoms with Crippen molar-refractivity contribution in [3.63, 3.8) is 0 Å². The molecule has 1 aliphatic heterocycles. The van der Waals surface area contributed by atoms with Crippen molar-refractivity contribution in [1.29, 1.82) is 0 Å². The lowest BCUT2D eigenvalue weighted by molar-refractivity contribution is 0.0939. The third-order valence-corrected chi connectivity index (χ3v) is 6.95. The Morgan fingerprint density at radius 2 is 2.13 bits per heavy atom. The van der Waals surface area contributed by atoms with Crippen molar-refractivity contribution in [2.45, 2.75) is 43.0 Å². The number of thiophene rings is 1. The number of amides is 1. The summed E-state index contributed by atoms with van der Waals surface area (Å²) >= 11 is 3.17. The Hall–Kier alpha value is -1.33. The fourth-order valence-electron chi connectivity index (χ4n) is 3.37. The quantitative estimate of drug-likeness (QED) is 0.851. The van der Waals surface area contributed by atoms with Gasteiger partial charge in [-0.05, 0) is 55.4 Å². The van der Waals surface area contributed by atoms with Crippen molar-refractivity contribution in [3.05, 3.63) is 51.0 Å². The number of rotatable bonds is 2. The maximum absolute atomic E-state index is 13.9. The van der Waals surface area contributed by atoms with Crippen LogP contribution in [0.4, 0.5) is 4.39 Å². The second kappa shape index (κ2) is 6.29. The van der Waals surface area contributed by atoms with E-state index in [1.54, 1.807) is 29.2 Å². The van der Waals surface area contributed by atoms with Crippen molar-refractivity contribution >= 4 is 29.0 Å². The number of carbonyl (C=O) groups excluding carboxylic acids is 1. The molecule has 0 fully saturated rings. The topological polar surface area (TPSA) is 29.1 Å². The summed E-state index contributed by atoms with van der Waals surface area (Å²) in [6, 6.07) is 7.11. The van der Waals surface area contributed by atoms with Crippen LogP contribution in [0, 0.1) is 5.82 Å². The minimum atomic E-state index is -0.182. The second-order valence-electron chi connectivity index (χ2n) is 6.09.